The Labute approximate surface area is 184 Å². The number of rotatable bonds is 6. The second-order valence-corrected chi connectivity index (χ2v) is 9.96. The normalized spacial score (nSPS) is 15.8. The molecule has 0 aliphatic carbocycles. The lowest BCUT2D eigenvalue weighted by molar-refractivity contribution is -0.119. The third-order valence-electron chi connectivity index (χ3n) is 5.65. The first-order valence-electron chi connectivity index (χ1n) is 10.4. The summed E-state index contributed by atoms with van der Waals surface area (Å²) in [6, 6.07) is 23.9. The van der Waals surface area contributed by atoms with E-state index in [1.165, 1.54) is 4.31 Å². The minimum Gasteiger partial charge on any atom is -0.308 e. The zero-order valence-corrected chi connectivity index (χ0v) is 18.5. The number of hydrogen-bond acceptors (Lipinski definition) is 3. The molecule has 3 aromatic rings. The van der Waals surface area contributed by atoms with Crippen molar-refractivity contribution in [1.82, 2.24) is 4.31 Å². The first-order valence-corrected chi connectivity index (χ1v) is 11.8. The lowest BCUT2D eigenvalue weighted by atomic mass is 10.1. The smallest absolute Gasteiger partial charge is 0.243 e. The molecule has 0 radical (unpaired) electrons. The van der Waals surface area contributed by atoms with Gasteiger partial charge in [-0.3, -0.25) is 4.79 Å². The quantitative estimate of drug-likeness (QED) is 0.585. The van der Waals surface area contributed by atoms with Crippen molar-refractivity contribution in [2.75, 3.05) is 11.4 Å². The molecule has 31 heavy (non-hydrogen) atoms. The Morgan fingerprint density at radius 3 is 2.32 bits per heavy atom. The predicted octanol–water partition coefficient (Wildman–Crippen LogP) is 4.16. The van der Waals surface area contributed by atoms with Gasteiger partial charge in [-0.15, -0.1) is 0 Å². The van der Waals surface area contributed by atoms with Crippen molar-refractivity contribution < 1.29 is 13.2 Å². The van der Waals surface area contributed by atoms with E-state index in [-0.39, 0.29) is 29.9 Å². The van der Waals surface area contributed by atoms with E-state index in [9.17, 15) is 13.2 Å². The summed E-state index contributed by atoms with van der Waals surface area (Å²) in [5, 5.41) is 0. The highest BCUT2D eigenvalue weighted by molar-refractivity contribution is 7.89. The Hall–Kier alpha value is -2.96. The van der Waals surface area contributed by atoms with E-state index in [2.05, 4.69) is 0 Å². The maximum absolute atomic E-state index is 13.5. The Balaban J connectivity index is 1.66. The number of nitrogens with zero attached hydrogens (tertiary/aromatic N) is 2. The molecule has 0 bridgehead atoms. The number of para-hydroxylation sites is 1. The van der Waals surface area contributed by atoms with Gasteiger partial charge >= 0.3 is 0 Å². The van der Waals surface area contributed by atoms with Gasteiger partial charge in [0, 0.05) is 18.3 Å². The SMILES string of the molecule is Cc1ccc(S(=O)(=O)N(CC(=O)N2c3ccccc3C[C@H]2C)Cc2ccccc2)cc1. The van der Waals surface area contributed by atoms with Crippen LogP contribution in [-0.2, 0) is 27.8 Å². The maximum Gasteiger partial charge on any atom is 0.243 e. The van der Waals surface area contributed by atoms with Crippen LogP contribution in [0.1, 0.15) is 23.6 Å². The lowest BCUT2D eigenvalue weighted by Crippen LogP contribution is -2.44. The van der Waals surface area contributed by atoms with E-state index in [1.54, 1.807) is 29.2 Å². The number of aryl methyl sites for hydroxylation is 1. The number of fused-ring (bicyclic) bond motifs is 1. The summed E-state index contributed by atoms with van der Waals surface area (Å²) in [7, 11) is -3.85. The Morgan fingerprint density at radius 2 is 1.61 bits per heavy atom. The summed E-state index contributed by atoms with van der Waals surface area (Å²) in [6.07, 6.45) is 0.769. The summed E-state index contributed by atoms with van der Waals surface area (Å²) >= 11 is 0. The van der Waals surface area contributed by atoms with Crippen LogP contribution in [0.3, 0.4) is 0 Å². The van der Waals surface area contributed by atoms with Gasteiger partial charge in [0.25, 0.3) is 0 Å². The fourth-order valence-electron chi connectivity index (χ4n) is 4.04. The zero-order valence-electron chi connectivity index (χ0n) is 17.7. The number of carbonyl (C=O) groups is 1. The largest absolute Gasteiger partial charge is 0.308 e. The van der Waals surface area contributed by atoms with E-state index < -0.39 is 10.0 Å². The molecule has 0 aromatic heterocycles. The first-order chi connectivity index (χ1) is 14.9. The Bertz CT molecular complexity index is 1170. The van der Waals surface area contributed by atoms with Crippen LogP contribution < -0.4 is 4.90 Å². The Morgan fingerprint density at radius 1 is 0.968 bits per heavy atom. The molecule has 4 rings (SSSR count). The predicted molar refractivity (Wildman–Crippen MR) is 122 cm³/mol. The summed E-state index contributed by atoms with van der Waals surface area (Å²) in [6.45, 7) is 3.82. The van der Waals surface area contributed by atoms with Gasteiger partial charge in [-0.05, 0) is 49.6 Å². The van der Waals surface area contributed by atoms with E-state index >= 15 is 0 Å². The maximum atomic E-state index is 13.5. The van der Waals surface area contributed by atoms with Gasteiger partial charge in [0.15, 0.2) is 0 Å². The van der Waals surface area contributed by atoms with Crippen molar-refractivity contribution in [3.05, 3.63) is 95.6 Å². The topological polar surface area (TPSA) is 57.7 Å². The molecule has 0 saturated heterocycles. The molecule has 1 aliphatic heterocycles. The molecule has 0 saturated carbocycles. The van der Waals surface area contributed by atoms with Crippen LogP contribution in [0.4, 0.5) is 5.69 Å². The van der Waals surface area contributed by atoms with Crippen LogP contribution in [0.2, 0.25) is 0 Å². The van der Waals surface area contributed by atoms with Crippen LogP contribution in [0, 0.1) is 6.92 Å². The molecule has 1 aliphatic rings. The average Bonchev–Trinajstić information content (AvgIpc) is 3.10. The van der Waals surface area contributed by atoms with Gasteiger partial charge in [0.1, 0.15) is 0 Å². The van der Waals surface area contributed by atoms with Crippen molar-refractivity contribution >= 4 is 21.6 Å². The molecule has 3 aromatic carbocycles. The van der Waals surface area contributed by atoms with E-state index in [1.807, 2.05) is 68.4 Å². The summed E-state index contributed by atoms with van der Waals surface area (Å²) in [4.78, 5) is 15.3. The van der Waals surface area contributed by atoms with Gasteiger partial charge in [-0.2, -0.15) is 4.31 Å². The second kappa shape index (κ2) is 8.65. The monoisotopic (exact) mass is 434 g/mol. The standard InChI is InChI=1S/C25H26N2O3S/c1-19-12-14-23(15-13-19)31(29,30)26(17-21-8-4-3-5-9-21)18-25(28)27-20(2)16-22-10-6-7-11-24(22)27/h3-15,20H,16-18H2,1-2H3/t20-/m1/s1. The number of carbonyl (C=O) groups excluding carboxylic acids is 1. The zero-order chi connectivity index (χ0) is 22.0. The molecule has 6 heteroatoms. The van der Waals surface area contributed by atoms with Gasteiger partial charge in [0.2, 0.25) is 15.9 Å². The number of hydrogen-bond donors (Lipinski definition) is 0. The molecule has 160 valence electrons. The number of sulfonamides is 1. The second-order valence-electron chi connectivity index (χ2n) is 8.02. The van der Waals surface area contributed by atoms with Crippen molar-refractivity contribution in [2.45, 2.75) is 37.8 Å². The average molecular weight is 435 g/mol. The van der Waals surface area contributed by atoms with Crippen LogP contribution >= 0.6 is 0 Å². The molecule has 0 unspecified atom stereocenters. The molecule has 0 N–H and O–H groups in total. The number of amides is 1. The highest BCUT2D eigenvalue weighted by atomic mass is 32.2. The molecule has 1 heterocycles. The van der Waals surface area contributed by atoms with Gasteiger partial charge in [-0.1, -0.05) is 66.2 Å². The number of benzene rings is 3. The van der Waals surface area contributed by atoms with E-state index in [0.717, 1.165) is 28.8 Å². The number of anilines is 1. The molecular formula is C25H26N2O3S. The fourth-order valence-corrected chi connectivity index (χ4v) is 5.42. The molecular weight excluding hydrogens is 408 g/mol. The van der Waals surface area contributed by atoms with Crippen molar-refractivity contribution in [3.63, 3.8) is 0 Å². The van der Waals surface area contributed by atoms with Crippen LogP contribution in [0.25, 0.3) is 0 Å². The minimum atomic E-state index is -3.85. The highest BCUT2D eigenvalue weighted by Crippen LogP contribution is 2.32. The third kappa shape index (κ3) is 4.40. The van der Waals surface area contributed by atoms with E-state index in [4.69, 9.17) is 0 Å². The Kier molecular flexibility index (Phi) is 5.94. The first kappa shape index (κ1) is 21.3. The molecule has 1 amide bonds. The summed E-state index contributed by atoms with van der Waals surface area (Å²) in [5.41, 5.74) is 3.79. The lowest BCUT2D eigenvalue weighted by Gasteiger charge is -2.27. The van der Waals surface area contributed by atoms with E-state index in [0.29, 0.717) is 0 Å². The van der Waals surface area contributed by atoms with Gasteiger partial charge in [-0.25, -0.2) is 8.42 Å². The highest BCUT2D eigenvalue weighted by Gasteiger charge is 2.34. The molecule has 0 spiro atoms. The molecule has 0 fully saturated rings. The summed E-state index contributed by atoms with van der Waals surface area (Å²) in [5.74, 6) is -0.218. The third-order valence-corrected chi connectivity index (χ3v) is 7.45. The fraction of sp³-hybridized carbons (Fsp3) is 0.240. The van der Waals surface area contributed by atoms with Crippen LogP contribution in [-0.4, -0.2) is 31.2 Å². The van der Waals surface area contributed by atoms with Crippen LogP contribution in [0.5, 0.6) is 0 Å². The van der Waals surface area contributed by atoms with Crippen molar-refractivity contribution in [2.24, 2.45) is 0 Å². The van der Waals surface area contributed by atoms with Crippen LogP contribution in [0.15, 0.2) is 83.8 Å². The van der Waals surface area contributed by atoms with Crippen molar-refractivity contribution in [1.29, 1.82) is 0 Å². The van der Waals surface area contributed by atoms with Gasteiger partial charge in [0.05, 0.1) is 11.4 Å². The molecule has 1 atom stereocenters. The summed E-state index contributed by atoms with van der Waals surface area (Å²) < 4.78 is 28.2. The minimum absolute atomic E-state index is 0.00875. The van der Waals surface area contributed by atoms with Crippen molar-refractivity contribution in [3.8, 4) is 0 Å². The van der Waals surface area contributed by atoms with Gasteiger partial charge < -0.3 is 4.90 Å². The molecule has 5 nitrogen and oxygen atoms in total.